The number of fused-ring (bicyclic) bond motifs is 1. The van der Waals surface area contributed by atoms with E-state index in [1.54, 1.807) is 7.05 Å². The minimum atomic E-state index is 0.536. The summed E-state index contributed by atoms with van der Waals surface area (Å²) in [6.45, 7) is 3.52. The second kappa shape index (κ2) is 9.66. The number of aliphatic imine (C=N–C) groups is 1. The summed E-state index contributed by atoms with van der Waals surface area (Å²) in [5.74, 6) is 1.84. The molecule has 4 rings (SSSR count). The third-order valence-electron chi connectivity index (χ3n) is 5.10. The number of hydrogen-bond acceptors (Lipinski definition) is 4. The van der Waals surface area contributed by atoms with Crippen molar-refractivity contribution in [3.8, 4) is 11.4 Å². The van der Waals surface area contributed by atoms with Gasteiger partial charge in [0, 0.05) is 54.2 Å². The van der Waals surface area contributed by atoms with Gasteiger partial charge in [0.1, 0.15) is 0 Å². The highest BCUT2D eigenvalue weighted by molar-refractivity contribution is 6.30. The molecule has 2 aromatic heterocycles. The highest BCUT2D eigenvalue weighted by Gasteiger charge is 2.10. The molecule has 0 spiro atoms. The molecule has 0 saturated carbocycles. The highest BCUT2D eigenvalue weighted by atomic mass is 35.5. The second-order valence-corrected chi connectivity index (χ2v) is 7.70. The van der Waals surface area contributed by atoms with Crippen molar-refractivity contribution < 1.29 is 4.52 Å². The molecule has 0 aliphatic rings. The van der Waals surface area contributed by atoms with Gasteiger partial charge in [-0.2, -0.15) is 4.98 Å². The van der Waals surface area contributed by atoms with E-state index in [2.05, 4.69) is 62.1 Å². The van der Waals surface area contributed by atoms with E-state index in [9.17, 15) is 0 Å². The van der Waals surface area contributed by atoms with Gasteiger partial charge in [-0.3, -0.25) is 4.99 Å². The monoisotopic (exact) mass is 436 g/mol. The molecule has 0 aliphatic carbocycles. The van der Waals surface area contributed by atoms with Gasteiger partial charge in [0.15, 0.2) is 5.96 Å². The normalized spacial score (nSPS) is 11.8. The first-order chi connectivity index (χ1) is 15.1. The maximum atomic E-state index is 6.03. The van der Waals surface area contributed by atoms with E-state index in [0.29, 0.717) is 29.7 Å². The molecular formula is C23H25ClN6O. The van der Waals surface area contributed by atoms with Gasteiger partial charge in [-0.1, -0.05) is 47.1 Å². The Morgan fingerprint density at radius 2 is 1.94 bits per heavy atom. The number of aromatic nitrogens is 3. The molecule has 7 nitrogen and oxygen atoms in total. The molecule has 160 valence electrons. The lowest BCUT2D eigenvalue weighted by atomic mass is 10.1. The Bertz CT molecular complexity index is 1200. The number of rotatable bonds is 7. The summed E-state index contributed by atoms with van der Waals surface area (Å²) in [7, 11) is 1.76. The Morgan fingerprint density at radius 1 is 1.13 bits per heavy atom. The standard InChI is InChI=1S/C23H25ClN6O/c1-15-5-3-8-19-17(14-28-21(15)19)9-11-26-23(25-2)27-12-10-20-29-22(30-31-20)16-6-4-7-18(24)13-16/h3-8,13-14,28H,9-12H2,1-2H3,(H2,25,26,27). The average Bonchev–Trinajstić information content (AvgIpc) is 3.41. The number of halogens is 1. The first kappa shape index (κ1) is 20.9. The van der Waals surface area contributed by atoms with E-state index in [0.717, 1.165) is 24.5 Å². The van der Waals surface area contributed by atoms with E-state index >= 15 is 0 Å². The van der Waals surface area contributed by atoms with Crippen LogP contribution in [0.2, 0.25) is 5.02 Å². The van der Waals surface area contributed by atoms with Gasteiger partial charge < -0.3 is 20.1 Å². The second-order valence-electron chi connectivity index (χ2n) is 7.26. The van der Waals surface area contributed by atoms with Crippen LogP contribution in [-0.2, 0) is 12.8 Å². The van der Waals surface area contributed by atoms with Crippen LogP contribution in [0.1, 0.15) is 17.0 Å². The number of benzene rings is 2. The van der Waals surface area contributed by atoms with Gasteiger partial charge >= 0.3 is 0 Å². The van der Waals surface area contributed by atoms with Crippen LogP contribution >= 0.6 is 11.6 Å². The third-order valence-corrected chi connectivity index (χ3v) is 5.34. The third kappa shape index (κ3) is 5.06. The van der Waals surface area contributed by atoms with Crippen molar-refractivity contribution in [1.82, 2.24) is 25.8 Å². The van der Waals surface area contributed by atoms with E-state index < -0.39 is 0 Å². The summed E-state index contributed by atoms with van der Waals surface area (Å²) in [6, 6.07) is 13.8. The zero-order valence-electron chi connectivity index (χ0n) is 17.6. The van der Waals surface area contributed by atoms with Crippen molar-refractivity contribution in [2.75, 3.05) is 20.1 Å². The molecule has 4 aromatic rings. The van der Waals surface area contributed by atoms with Crippen LogP contribution in [0.3, 0.4) is 0 Å². The Morgan fingerprint density at radius 3 is 2.74 bits per heavy atom. The Kier molecular flexibility index (Phi) is 6.52. The maximum absolute atomic E-state index is 6.03. The fraction of sp³-hybridized carbons (Fsp3) is 0.261. The summed E-state index contributed by atoms with van der Waals surface area (Å²) >= 11 is 6.03. The molecule has 3 N–H and O–H groups in total. The van der Waals surface area contributed by atoms with Crippen molar-refractivity contribution >= 4 is 28.5 Å². The average molecular weight is 437 g/mol. The number of aryl methyl sites for hydroxylation is 1. The molecule has 0 saturated heterocycles. The van der Waals surface area contributed by atoms with Gasteiger partial charge in [-0.25, -0.2) is 0 Å². The topological polar surface area (TPSA) is 91.1 Å². The number of nitrogens with zero attached hydrogens (tertiary/aromatic N) is 3. The molecule has 0 atom stereocenters. The molecule has 2 heterocycles. The molecule has 31 heavy (non-hydrogen) atoms. The predicted octanol–water partition coefficient (Wildman–Crippen LogP) is 4.13. The van der Waals surface area contributed by atoms with Crippen molar-refractivity contribution in [1.29, 1.82) is 0 Å². The van der Waals surface area contributed by atoms with E-state index in [1.807, 2.05) is 24.3 Å². The summed E-state index contributed by atoms with van der Waals surface area (Å²) in [5.41, 5.74) is 4.59. The number of guanidine groups is 1. The van der Waals surface area contributed by atoms with E-state index in [4.69, 9.17) is 16.1 Å². The van der Waals surface area contributed by atoms with Crippen molar-refractivity contribution in [2.24, 2.45) is 4.99 Å². The highest BCUT2D eigenvalue weighted by Crippen LogP contribution is 2.21. The molecule has 0 bridgehead atoms. The fourth-order valence-corrected chi connectivity index (χ4v) is 3.69. The maximum Gasteiger partial charge on any atom is 0.228 e. The Labute approximate surface area is 185 Å². The number of aromatic amines is 1. The molecule has 0 unspecified atom stereocenters. The largest absolute Gasteiger partial charge is 0.361 e. The van der Waals surface area contributed by atoms with Gasteiger partial charge in [-0.15, -0.1) is 0 Å². The van der Waals surface area contributed by atoms with Crippen LogP contribution < -0.4 is 10.6 Å². The number of nitrogens with one attached hydrogen (secondary N) is 3. The lowest BCUT2D eigenvalue weighted by Gasteiger charge is -2.10. The van der Waals surface area contributed by atoms with Gasteiger partial charge in [-0.05, 0) is 36.6 Å². The number of H-pyrrole nitrogens is 1. The zero-order chi connectivity index (χ0) is 21.6. The number of para-hydroxylation sites is 1. The molecule has 2 aromatic carbocycles. The van der Waals surface area contributed by atoms with Crippen molar-refractivity contribution in [2.45, 2.75) is 19.8 Å². The van der Waals surface area contributed by atoms with Gasteiger partial charge in [0.2, 0.25) is 11.7 Å². The van der Waals surface area contributed by atoms with E-state index in [-0.39, 0.29) is 0 Å². The first-order valence-electron chi connectivity index (χ1n) is 10.2. The summed E-state index contributed by atoms with van der Waals surface area (Å²) in [6.07, 6.45) is 3.58. The minimum absolute atomic E-state index is 0.536. The van der Waals surface area contributed by atoms with Crippen molar-refractivity contribution in [3.05, 3.63) is 70.7 Å². The fourth-order valence-electron chi connectivity index (χ4n) is 3.50. The lowest BCUT2D eigenvalue weighted by Crippen LogP contribution is -2.39. The number of hydrogen-bond donors (Lipinski definition) is 3. The van der Waals surface area contributed by atoms with Crippen molar-refractivity contribution in [3.63, 3.8) is 0 Å². The molecule has 0 radical (unpaired) electrons. The van der Waals surface area contributed by atoms with Crippen LogP contribution in [0, 0.1) is 6.92 Å². The molecular weight excluding hydrogens is 412 g/mol. The van der Waals surface area contributed by atoms with Gasteiger partial charge in [0.05, 0.1) is 0 Å². The SMILES string of the molecule is CN=C(NCCc1nc(-c2cccc(Cl)c2)no1)NCCc1c[nH]c2c(C)cccc12. The summed E-state index contributed by atoms with van der Waals surface area (Å²) < 4.78 is 5.35. The van der Waals surface area contributed by atoms with Crippen LogP contribution in [0.25, 0.3) is 22.3 Å². The molecule has 8 heteroatoms. The van der Waals surface area contributed by atoms with Crippen LogP contribution in [-0.4, -0.2) is 41.2 Å². The Hall–Kier alpha value is -3.32. The zero-order valence-corrected chi connectivity index (χ0v) is 18.3. The minimum Gasteiger partial charge on any atom is -0.361 e. The van der Waals surface area contributed by atoms with Crippen LogP contribution in [0.5, 0.6) is 0 Å². The quantitative estimate of drug-likeness (QED) is 0.299. The summed E-state index contributed by atoms with van der Waals surface area (Å²) in [5, 5.41) is 12.6. The molecule has 0 amide bonds. The molecule has 0 fully saturated rings. The van der Waals surface area contributed by atoms with Gasteiger partial charge in [0.25, 0.3) is 0 Å². The van der Waals surface area contributed by atoms with Crippen LogP contribution in [0.15, 0.2) is 58.2 Å². The summed E-state index contributed by atoms with van der Waals surface area (Å²) in [4.78, 5) is 12.1. The smallest absolute Gasteiger partial charge is 0.228 e. The van der Waals surface area contributed by atoms with Crippen LogP contribution in [0.4, 0.5) is 0 Å². The Balaban J connectivity index is 1.25. The molecule has 0 aliphatic heterocycles. The van der Waals surface area contributed by atoms with E-state index in [1.165, 1.54) is 22.0 Å². The predicted molar refractivity (Wildman–Crippen MR) is 125 cm³/mol. The lowest BCUT2D eigenvalue weighted by molar-refractivity contribution is 0.378. The first-order valence-corrected chi connectivity index (χ1v) is 10.6.